The summed E-state index contributed by atoms with van der Waals surface area (Å²) in [5, 5.41) is 10.7. The molecule has 35 heavy (non-hydrogen) atoms. The third-order valence-corrected chi connectivity index (χ3v) is 6.59. The maximum absolute atomic E-state index is 14.6. The van der Waals surface area contributed by atoms with E-state index in [1.54, 1.807) is 12.1 Å². The Morgan fingerprint density at radius 3 is 2.43 bits per heavy atom. The number of nitriles is 1. The maximum Gasteiger partial charge on any atom is 0.132 e. The van der Waals surface area contributed by atoms with Gasteiger partial charge in [-0.15, -0.1) is 0 Å². The molecular weight excluding hydrogens is 431 g/mol. The predicted molar refractivity (Wildman–Crippen MR) is 141 cm³/mol. The van der Waals surface area contributed by atoms with Crippen LogP contribution in [-0.2, 0) is 6.42 Å². The van der Waals surface area contributed by atoms with E-state index in [2.05, 4.69) is 83.5 Å². The molecule has 0 saturated heterocycles. The summed E-state index contributed by atoms with van der Waals surface area (Å²) >= 11 is 0. The van der Waals surface area contributed by atoms with Crippen LogP contribution in [0, 0.1) is 17.1 Å². The minimum atomic E-state index is -0.390. The lowest BCUT2D eigenvalue weighted by molar-refractivity contribution is 0.631. The summed E-state index contributed by atoms with van der Waals surface area (Å²) in [6, 6.07) is 31.4. The molecule has 0 atom stereocenters. The van der Waals surface area contributed by atoms with Gasteiger partial charge in [0, 0.05) is 16.6 Å². The van der Waals surface area contributed by atoms with Crippen molar-refractivity contribution in [2.75, 3.05) is 0 Å². The molecule has 0 aliphatic heterocycles. The summed E-state index contributed by atoms with van der Waals surface area (Å²) in [5.41, 5.74) is 8.20. The molecule has 0 radical (unpaired) electrons. The molecule has 1 aliphatic rings. The van der Waals surface area contributed by atoms with Gasteiger partial charge in [-0.2, -0.15) is 5.26 Å². The normalized spacial score (nSPS) is 12.3. The molecule has 166 valence electrons. The maximum atomic E-state index is 14.6. The molecule has 0 amide bonds. The van der Waals surface area contributed by atoms with Crippen LogP contribution >= 0.6 is 0 Å². The van der Waals surface area contributed by atoms with Crippen LogP contribution in [0.15, 0.2) is 109 Å². The Balaban J connectivity index is 1.43. The van der Waals surface area contributed by atoms with E-state index in [9.17, 15) is 9.65 Å². The van der Waals surface area contributed by atoms with Gasteiger partial charge < -0.3 is 4.57 Å². The monoisotopic (exact) mass is 452 g/mol. The standard InChI is InChI=1S/C32H21FN2/c33-29-13-7-10-25(21-34)32(29)24-9-6-8-23(20-24)22-16-18-26(19-17-22)35-30-14-3-1-2-11-27(30)28-12-4-5-15-31(28)35/h1-10,12-20H,11H2. The van der Waals surface area contributed by atoms with E-state index >= 15 is 0 Å². The zero-order chi connectivity index (χ0) is 23.8. The summed E-state index contributed by atoms with van der Waals surface area (Å²) in [6.07, 6.45) is 9.48. The minimum absolute atomic E-state index is 0.334. The van der Waals surface area contributed by atoms with Gasteiger partial charge in [0.25, 0.3) is 0 Å². The van der Waals surface area contributed by atoms with E-state index in [0.717, 1.165) is 23.2 Å². The van der Waals surface area contributed by atoms with Crippen molar-refractivity contribution in [3.63, 3.8) is 0 Å². The second-order valence-corrected chi connectivity index (χ2v) is 8.61. The number of para-hydroxylation sites is 1. The highest BCUT2D eigenvalue weighted by Crippen LogP contribution is 2.34. The Morgan fingerprint density at radius 1 is 0.771 bits per heavy atom. The molecular formula is C32H21FN2. The minimum Gasteiger partial charge on any atom is -0.310 e. The van der Waals surface area contributed by atoms with Crippen LogP contribution in [0.5, 0.6) is 0 Å². The molecule has 2 nitrogen and oxygen atoms in total. The first-order chi connectivity index (χ1) is 17.2. The first-order valence-corrected chi connectivity index (χ1v) is 11.6. The van der Waals surface area contributed by atoms with Crippen LogP contribution in [0.3, 0.4) is 0 Å². The third kappa shape index (κ3) is 3.57. The number of fused-ring (bicyclic) bond motifs is 3. The van der Waals surface area contributed by atoms with Crippen molar-refractivity contribution in [3.8, 4) is 34.0 Å². The number of benzene rings is 4. The number of halogens is 1. The van der Waals surface area contributed by atoms with Gasteiger partial charge in [0.1, 0.15) is 5.82 Å². The molecule has 1 aromatic heterocycles. The molecule has 0 saturated carbocycles. The van der Waals surface area contributed by atoms with E-state index in [1.807, 2.05) is 24.3 Å². The molecule has 0 bridgehead atoms. The molecule has 0 N–H and O–H groups in total. The van der Waals surface area contributed by atoms with Crippen LogP contribution in [0.1, 0.15) is 16.8 Å². The largest absolute Gasteiger partial charge is 0.310 e. The van der Waals surface area contributed by atoms with Crippen LogP contribution in [0.4, 0.5) is 4.39 Å². The molecule has 1 aliphatic carbocycles. The SMILES string of the molecule is N#Cc1cccc(F)c1-c1cccc(-c2ccc(-n3c4c(c5ccccc53)CC=CC=C4)cc2)c1. The second kappa shape index (κ2) is 8.59. The van der Waals surface area contributed by atoms with Gasteiger partial charge in [0.2, 0.25) is 0 Å². The van der Waals surface area contributed by atoms with Gasteiger partial charge in [-0.25, -0.2) is 4.39 Å². The van der Waals surface area contributed by atoms with Gasteiger partial charge in [-0.1, -0.05) is 72.8 Å². The molecule has 0 unspecified atom stereocenters. The summed E-state index contributed by atoms with van der Waals surface area (Å²) in [7, 11) is 0. The molecule has 3 heteroatoms. The van der Waals surface area contributed by atoms with E-state index in [0.29, 0.717) is 16.7 Å². The zero-order valence-electron chi connectivity index (χ0n) is 18.9. The number of nitrogens with zero attached hydrogens (tertiary/aromatic N) is 2. The van der Waals surface area contributed by atoms with Crippen LogP contribution < -0.4 is 0 Å². The Labute approximate surface area is 203 Å². The average molecular weight is 453 g/mol. The lowest BCUT2D eigenvalue weighted by Crippen LogP contribution is -1.97. The zero-order valence-corrected chi connectivity index (χ0v) is 18.9. The van der Waals surface area contributed by atoms with Crippen molar-refractivity contribution in [1.29, 1.82) is 5.26 Å². The smallest absolute Gasteiger partial charge is 0.132 e. The molecule has 1 heterocycles. The Morgan fingerprint density at radius 2 is 1.57 bits per heavy atom. The van der Waals surface area contributed by atoms with Crippen molar-refractivity contribution in [1.82, 2.24) is 4.57 Å². The quantitative estimate of drug-likeness (QED) is 0.272. The van der Waals surface area contributed by atoms with E-state index in [1.165, 1.54) is 28.2 Å². The van der Waals surface area contributed by atoms with Crippen LogP contribution in [0.25, 0.3) is 44.9 Å². The first-order valence-electron chi connectivity index (χ1n) is 11.6. The lowest BCUT2D eigenvalue weighted by Gasteiger charge is -2.12. The summed E-state index contributed by atoms with van der Waals surface area (Å²) in [6.45, 7) is 0. The fraction of sp³-hybridized carbons (Fsp3) is 0.0312. The fourth-order valence-corrected chi connectivity index (χ4v) is 4.97. The number of allylic oxidation sites excluding steroid dienone is 3. The summed E-state index contributed by atoms with van der Waals surface area (Å²) in [4.78, 5) is 0. The average Bonchev–Trinajstić information content (AvgIpc) is 3.03. The highest BCUT2D eigenvalue weighted by Gasteiger charge is 2.17. The fourth-order valence-electron chi connectivity index (χ4n) is 4.97. The highest BCUT2D eigenvalue weighted by molar-refractivity contribution is 5.91. The molecule has 0 spiro atoms. The second-order valence-electron chi connectivity index (χ2n) is 8.61. The topological polar surface area (TPSA) is 28.7 Å². The number of aromatic nitrogens is 1. The van der Waals surface area contributed by atoms with Crippen molar-refractivity contribution in [2.45, 2.75) is 6.42 Å². The molecule has 5 aromatic rings. The van der Waals surface area contributed by atoms with E-state index < -0.39 is 0 Å². The van der Waals surface area contributed by atoms with Crippen LogP contribution in [-0.4, -0.2) is 4.57 Å². The van der Waals surface area contributed by atoms with Crippen molar-refractivity contribution < 1.29 is 4.39 Å². The lowest BCUT2D eigenvalue weighted by atomic mass is 9.96. The van der Waals surface area contributed by atoms with Gasteiger partial charge >= 0.3 is 0 Å². The summed E-state index contributed by atoms with van der Waals surface area (Å²) in [5.74, 6) is -0.390. The Hall–Kier alpha value is -4.68. The predicted octanol–water partition coefficient (Wildman–Crippen LogP) is 8.10. The Bertz CT molecular complexity index is 1680. The number of hydrogen-bond acceptors (Lipinski definition) is 1. The molecule has 6 rings (SSSR count). The van der Waals surface area contributed by atoms with Gasteiger partial charge in [-0.3, -0.25) is 0 Å². The number of rotatable bonds is 3. The van der Waals surface area contributed by atoms with Crippen molar-refractivity contribution in [3.05, 3.63) is 132 Å². The first kappa shape index (κ1) is 20.9. The number of hydrogen-bond donors (Lipinski definition) is 0. The van der Waals surface area contributed by atoms with E-state index in [-0.39, 0.29) is 5.82 Å². The van der Waals surface area contributed by atoms with E-state index in [4.69, 9.17) is 0 Å². The van der Waals surface area contributed by atoms with Gasteiger partial charge in [-0.05, 0) is 71.1 Å². The summed E-state index contributed by atoms with van der Waals surface area (Å²) < 4.78 is 16.9. The molecule has 0 fully saturated rings. The third-order valence-electron chi connectivity index (χ3n) is 6.59. The molecule has 4 aromatic carbocycles. The van der Waals surface area contributed by atoms with Crippen LogP contribution in [0.2, 0.25) is 0 Å². The van der Waals surface area contributed by atoms with Crippen molar-refractivity contribution in [2.24, 2.45) is 0 Å². The van der Waals surface area contributed by atoms with Gasteiger partial charge in [0.15, 0.2) is 0 Å². The Kier molecular flexibility index (Phi) is 5.13. The van der Waals surface area contributed by atoms with Crippen molar-refractivity contribution >= 4 is 17.0 Å². The highest BCUT2D eigenvalue weighted by atomic mass is 19.1. The van der Waals surface area contributed by atoms with Gasteiger partial charge in [0.05, 0.1) is 22.8 Å².